The van der Waals surface area contributed by atoms with E-state index >= 15 is 0 Å². The molecule has 8 heteroatoms. The van der Waals surface area contributed by atoms with Crippen LogP contribution in [-0.2, 0) is 0 Å². The van der Waals surface area contributed by atoms with Gasteiger partial charge >= 0.3 is 12.1 Å². The Kier molecular flexibility index (Phi) is 5.81. The molecule has 5 rings (SSSR count). The molecule has 2 aliphatic heterocycles. The highest BCUT2D eigenvalue weighted by atomic mass is 16.2. The molecule has 8 nitrogen and oxygen atoms in total. The number of rotatable bonds is 4. The van der Waals surface area contributed by atoms with Crippen LogP contribution < -0.4 is 10.6 Å². The van der Waals surface area contributed by atoms with Crippen LogP contribution in [0.25, 0.3) is 0 Å². The Balaban J connectivity index is 1.27. The Morgan fingerprint density at radius 1 is 0.848 bits per heavy atom. The number of carbonyl (C=O) groups excluding carboxylic acids is 2. The summed E-state index contributed by atoms with van der Waals surface area (Å²) in [7, 11) is 0. The zero-order valence-corrected chi connectivity index (χ0v) is 18.8. The summed E-state index contributed by atoms with van der Waals surface area (Å²) in [6.07, 6.45) is 7.62. The fourth-order valence-corrected chi connectivity index (χ4v) is 4.99. The zero-order valence-electron chi connectivity index (χ0n) is 18.8. The molecule has 4 amide bonds. The summed E-state index contributed by atoms with van der Waals surface area (Å²) in [5, 5.41) is 6.08. The van der Waals surface area contributed by atoms with E-state index in [4.69, 9.17) is 0 Å². The molecular formula is C25H30N6O2. The highest BCUT2D eigenvalue weighted by Crippen LogP contribution is 2.33. The highest BCUT2D eigenvalue weighted by molar-refractivity contribution is 5.94. The van der Waals surface area contributed by atoms with Crippen LogP contribution in [0.4, 0.5) is 21.0 Å². The van der Waals surface area contributed by atoms with Crippen molar-refractivity contribution in [2.75, 3.05) is 23.7 Å². The number of nitrogens with zero attached hydrogens (tertiary/aromatic N) is 2. The maximum Gasteiger partial charge on any atom is 0.322 e. The molecule has 2 aromatic heterocycles. The number of aromatic nitrogens is 2. The van der Waals surface area contributed by atoms with Crippen LogP contribution in [0.3, 0.4) is 0 Å². The van der Waals surface area contributed by atoms with Crippen LogP contribution in [0.15, 0.2) is 54.9 Å². The number of H-pyrrole nitrogens is 2. The Bertz CT molecular complexity index is 1110. The van der Waals surface area contributed by atoms with Crippen molar-refractivity contribution in [3.05, 3.63) is 71.8 Å². The molecule has 0 aliphatic carbocycles. The van der Waals surface area contributed by atoms with Gasteiger partial charge < -0.3 is 30.4 Å². The number of anilines is 2. The van der Waals surface area contributed by atoms with E-state index in [1.54, 1.807) is 0 Å². The third-order valence-corrected chi connectivity index (χ3v) is 6.72. The number of benzene rings is 1. The molecule has 3 aromatic rings. The van der Waals surface area contributed by atoms with Gasteiger partial charge in [0.1, 0.15) is 0 Å². The number of likely N-dealkylation sites (tertiary alicyclic amines) is 2. The molecule has 2 saturated heterocycles. The SMILES string of the molecule is Cc1ccc(NC(=O)N2CCC[C@H]2c2ccc[nH]2)cc1NC(=O)N1CCC[C@@H]1c1ccc[nH]1. The summed E-state index contributed by atoms with van der Waals surface area (Å²) in [6.45, 7) is 3.40. The minimum Gasteiger partial charge on any atom is -0.363 e. The first-order valence-corrected chi connectivity index (χ1v) is 11.6. The predicted molar refractivity (Wildman–Crippen MR) is 128 cm³/mol. The lowest BCUT2D eigenvalue weighted by molar-refractivity contribution is 0.205. The summed E-state index contributed by atoms with van der Waals surface area (Å²) in [4.78, 5) is 36.3. The largest absolute Gasteiger partial charge is 0.363 e. The van der Waals surface area contributed by atoms with Crippen LogP contribution in [0.2, 0.25) is 0 Å². The van der Waals surface area contributed by atoms with Crippen LogP contribution in [0.1, 0.15) is 54.7 Å². The topological polar surface area (TPSA) is 96.3 Å². The van der Waals surface area contributed by atoms with E-state index in [0.717, 1.165) is 55.7 Å². The lowest BCUT2D eigenvalue weighted by Gasteiger charge is -2.26. The quantitative estimate of drug-likeness (QED) is 0.432. The molecular weight excluding hydrogens is 416 g/mol. The monoisotopic (exact) mass is 446 g/mol. The third-order valence-electron chi connectivity index (χ3n) is 6.72. The molecule has 1 aromatic carbocycles. The van der Waals surface area contributed by atoms with Gasteiger partial charge in [-0.3, -0.25) is 0 Å². The average molecular weight is 447 g/mol. The van der Waals surface area contributed by atoms with Gasteiger partial charge in [0, 0.05) is 48.2 Å². The number of hydrogen-bond acceptors (Lipinski definition) is 2. The van der Waals surface area contributed by atoms with Gasteiger partial charge in [-0.15, -0.1) is 0 Å². The molecule has 0 radical (unpaired) electrons. The van der Waals surface area contributed by atoms with E-state index in [0.29, 0.717) is 11.4 Å². The molecule has 4 heterocycles. The smallest absolute Gasteiger partial charge is 0.322 e. The van der Waals surface area contributed by atoms with Crippen LogP contribution in [0.5, 0.6) is 0 Å². The number of amides is 4. The molecule has 4 N–H and O–H groups in total. The second kappa shape index (κ2) is 9.05. The molecule has 0 saturated carbocycles. The fraction of sp³-hybridized carbons (Fsp3) is 0.360. The molecule has 2 aliphatic rings. The summed E-state index contributed by atoms with van der Waals surface area (Å²) < 4.78 is 0. The summed E-state index contributed by atoms with van der Waals surface area (Å²) in [5.74, 6) is 0. The van der Waals surface area contributed by atoms with E-state index in [-0.39, 0.29) is 24.1 Å². The van der Waals surface area contributed by atoms with Crippen molar-refractivity contribution < 1.29 is 9.59 Å². The lowest BCUT2D eigenvalue weighted by atomic mass is 10.1. The van der Waals surface area contributed by atoms with Crippen LogP contribution in [-0.4, -0.2) is 44.9 Å². The van der Waals surface area contributed by atoms with Crippen molar-refractivity contribution >= 4 is 23.4 Å². The van der Waals surface area contributed by atoms with E-state index in [1.165, 1.54) is 0 Å². The summed E-state index contributed by atoms with van der Waals surface area (Å²) in [6, 6.07) is 13.5. The van der Waals surface area contributed by atoms with Gasteiger partial charge in [-0.1, -0.05) is 6.07 Å². The molecule has 172 valence electrons. The lowest BCUT2D eigenvalue weighted by Crippen LogP contribution is -2.35. The zero-order chi connectivity index (χ0) is 22.8. The van der Waals surface area contributed by atoms with Crippen molar-refractivity contribution in [1.82, 2.24) is 19.8 Å². The van der Waals surface area contributed by atoms with Gasteiger partial charge in [-0.2, -0.15) is 0 Å². The number of aryl methyl sites for hydroxylation is 1. The van der Waals surface area contributed by atoms with Crippen LogP contribution >= 0.6 is 0 Å². The molecule has 0 unspecified atom stereocenters. The Hall–Kier alpha value is -3.68. The summed E-state index contributed by atoms with van der Waals surface area (Å²) >= 11 is 0. The van der Waals surface area contributed by atoms with E-state index in [2.05, 4.69) is 20.6 Å². The van der Waals surface area contributed by atoms with Crippen molar-refractivity contribution in [2.45, 2.75) is 44.7 Å². The first-order chi connectivity index (χ1) is 16.1. The fourth-order valence-electron chi connectivity index (χ4n) is 4.99. The maximum absolute atomic E-state index is 13.1. The third kappa shape index (κ3) is 4.33. The van der Waals surface area contributed by atoms with Crippen molar-refractivity contribution in [3.8, 4) is 0 Å². The molecule has 33 heavy (non-hydrogen) atoms. The van der Waals surface area contributed by atoms with Gasteiger partial charge in [0.15, 0.2) is 0 Å². The summed E-state index contributed by atoms with van der Waals surface area (Å²) in [5.41, 5.74) is 4.43. The standard InChI is InChI=1S/C25H30N6O2/c1-17-10-11-18(28-24(32)30-14-4-8-22(30)19-6-2-12-26-19)16-21(17)29-25(33)31-15-5-9-23(31)20-7-3-13-27-20/h2-3,6-7,10-13,16,22-23,26-27H,4-5,8-9,14-15H2,1H3,(H,28,32)(H,29,33)/t22-,23+/m0/s1. The Labute approximate surface area is 193 Å². The molecule has 2 fully saturated rings. The normalized spacial score (nSPS) is 20.3. The highest BCUT2D eigenvalue weighted by Gasteiger charge is 2.32. The van der Waals surface area contributed by atoms with Crippen molar-refractivity contribution in [2.24, 2.45) is 0 Å². The minimum absolute atomic E-state index is 0.0586. The average Bonchev–Trinajstić information content (AvgIpc) is 3.62. The van der Waals surface area contributed by atoms with Gasteiger partial charge in [-0.05, 0) is 74.6 Å². The van der Waals surface area contributed by atoms with E-state index in [9.17, 15) is 9.59 Å². The molecule has 2 atom stereocenters. The maximum atomic E-state index is 13.1. The minimum atomic E-state index is -0.125. The number of urea groups is 2. The number of aromatic amines is 2. The number of hydrogen-bond donors (Lipinski definition) is 4. The predicted octanol–water partition coefficient (Wildman–Crippen LogP) is 5.39. The Morgan fingerprint density at radius 3 is 1.97 bits per heavy atom. The first kappa shape index (κ1) is 21.2. The van der Waals surface area contributed by atoms with Gasteiger partial charge in [0.25, 0.3) is 0 Å². The second-order valence-corrected chi connectivity index (χ2v) is 8.84. The second-order valence-electron chi connectivity index (χ2n) is 8.84. The number of nitrogens with one attached hydrogen (secondary N) is 4. The van der Waals surface area contributed by atoms with E-state index in [1.807, 2.05) is 71.6 Å². The molecule has 0 bridgehead atoms. The van der Waals surface area contributed by atoms with Crippen molar-refractivity contribution in [1.29, 1.82) is 0 Å². The van der Waals surface area contributed by atoms with Gasteiger partial charge in [-0.25, -0.2) is 9.59 Å². The van der Waals surface area contributed by atoms with Gasteiger partial charge in [0.05, 0.1) is 12.1 Å². The van der Waals surface area contributed by atoms with Gasteiger partial charge in [0.2, 0.25) is 0 Å². The van der Waals surface area contributed by atoms with Crippen LogP contribution in [0, 0.1) is 6.92 Å². The first-order valence-electron chi connectivity index (χ1n) is 11.6. The molecule has 0 spiro atoms. The van der Waals surface area contributed by atoms with E-state index < -0.39 is 0 Å². The number of carbonyl (C=O) groups is 2. The Morgan fingerprint density at radius 2 is 1.42 bits per heavy atom. The van der Waals surface area contributed by atoms with Crippen molar-refractivity contribution in [3.63, 3.8) is 0 Å².